The Bertz CT molecular complexity index is 446. The minimum absolute atomic E-state index is 0.0294. The predicted molar refractivity (Wildman–Crippen MR) is 71.8 cm³/mol. The average molecular weight is 280 g/mol. The second-order valence-electron chi connectivity index (χ2n) is 4.61. The number of carbonyl (C=O) groups excluding carboxylic acids is 2. The molecule has 1 aliphatic heterocycles. The van der Waals surface area contributed by atoms with Gasteiger partial charge >= 0.3 is 5.97 Å². The Kier molecular flexibility index (Phi) is 5.11. The summed E-state index contributed by atoms with van der Waals surface area (Å²) in [4.78, 5) is 29.7. The Balaban J connectivity index is 1.92. The first-order valence-electron chi connectivity index (χ1n) is 6.85. The van der Waals surface area contributed by atoms with Crippen molar-refractivity contribution in [2.45, 2.75) is 25.9 Å². The number of aryl methyl sites for hydroxylation is 1. The third-order valence-corrected chi connectivity index (χ3v) is 3.27. The summed E-state index contributed by atoms with van der Waals surface area (Å²) in [5.41, 5.74) is 0. The minimum Gasteiger partial charge on any atom is -0.464 e. The van der Waals surface area contributed by atoms with Crippen molar-refractivity contribution >= 4 is 11.9 Å². The van der Waals surface area contributed by atoms with E-state index in [0.29, 0.717) is 39.2 Å². The Labute approximate surface area is 117 Å². The molecule has 1 aromatic rings. The molecule has 1 amide bonds. The topological polar surface area (TPSA) is 76.5 Å². The Morgan fingerprint density at radius 1 is 1.50 bits per heavy atom. The SMILES string of the molecule is CCOC(=O)C1CNCCN1C(=O)CCn1ccnc1. The number of carbonyl (C=O) groups is 2. The zero-order chi connectivity index (χ0) is 14.4. The number of rotatable bonds is 5. The average Bonchev–Trinajstić information content (AvgIpc) is 2.98. The third-order valence-electron chi connectivity index (χ3n) is 3.27. The highest BCUT2D eigenvalue weighted by molar-refractivity contribution is 5.85. The molecule has 110 valence electrons. The molecule has 7 heteroatoms. The van der Waals surface area contributed by atoms with E-state index in [1.165, 1.54) is 0 Å². The Hall–Kier alpha value is -1.89. The molecule has 1 unspecified atom stereocenters. The molecule has 0 saturated carbocycles. The number of nitrogens with one attached hydrogen (secondary N) is 1. The van der Waals surface area contributed by atoms with Crippen LogP contribution in [-0.2, 0) is 20.9 Å². The van der Waals surface area contributed by atoms with E-state index in [4.69, 9.17) is 4.74 Å². The van der Waals surface area contributed by atoms with Crippen LogP contribution in [-0.4, -0.2) is 58.6 Å². The minimum atomic E-state index is -0.515. The first-order valence-corrected chi connectivity index (χ1v) is 6.85. The summed E-state index contributed by atoms with van der Waals surface area (Å²) in [6.07, 6.45) is 5.52. The molecular formula is C13H20N4O3. The number of aromatic nitrogens is 2. The zero-order valence-corrected chi connectivity index (χ0v) is 11.6. The van der Waals surface area contributed by atoms with Crippen LogP contribution in [0, 0.1) is 0 Å². The molecule has 0 spiro atoms. The van der Waals surface area contributed by atoms with E-state index in [1.54, 1.807) is 24.3 Å². The number of hydrogen-bond acceptors (Lipinski definition) is 5. The van der Waals surface area contributed by atoms with Crippen LogP contribution in [0.2, 0.25) is 0 Å². The number of hydrogen-bond donors (Lipinski definition) is 1. The number of imidazole rings is 1. The number of nitrogens with zero attached hydrogens (tertiary/aromatic N) is 3. The van der Waals surface area contributed by atoms with E-state index in [1.807, 2.05) is 10.8 Å². The van der Waals surface area contributed by atoms with Crippen molar-refractivity contribution in [1.82, 2.24) is 19.8 Å². The summed E-state index contributed by atoms with van der Waals surface area (Å²) >= 11 is 0. The molecule has 1 saturated heterocycles. The van der Waals surface area contributed by atoms with Crippen molar-refractivity contribution in [3.63, 3.8) is 0 Å². The molecular weight excluding hydrogens is 260 g/mol. The van der Waals surface area contributed by atoms with Gasteiger partial charge in [0.15, 0.2) is 0 Å². The van der Waals surface area contributed by atoms with Gasteiger partial charge in [0.25, 0.3) is 0 Å². The monoisotopic (exact) mass is 280 g/mol. The van der Waals surface area contributed by atoms with Crippen molar-refractivity contribution in [1.29, 1.82) is 0 Å². The van der Waals surface area contributed by atoms with Crippen molar-refractivity contribution in [3.05, 3.63) is 18.7 Å². The van der Waals surface area contributed by atoms with Crippen LogP contribution < -0.4 is 5.32 Å². The van der Waals surface area contributed by atoms with Gasteiger partial charge in [-0.15, -0.1) is 0 Å². The second kappa shape index (κ2) is 7.04. The molecule has 1 atom stereocenters. The van der Waals surface area contributed by atoms with E-state index >= 15 is 0 Å². The van der Waals surface area contributed by atoms with Crippen molar-refractivity contribution in [2.75, 3.05) is 26.2 Å². The molecule has 7 nitrogen and oxygen atoms in total. The van der Waals surface area contributed by atoms with Gasteiger partial charge in [0.1, 0.15) is 6.04 Å². The van der Waals surface area contributed by atoms with E-state index in [0.717, 1.165) is 0 Å². The molecule has 20 heavy (non-hydrogen) atoms. The van der Waals surface area contributed by atoms with Crippen molar-refractivity contribution in [3.8, 4) is 0 Å². The van der Waals surface area contributed by atoms with Gasteiger partial charge in [-0.1, -0.05) is 0 Å². The number of esters is 1. The van der Waals surface area contributed by atoms with E-state index < -0.39 is 6.04 Å². The van der Waals surface area contributed by atoms with Gasteiger partial charge in [0.2, 0.25) is 5.91 Å². The predicted octanol–water partition coefficient (Wildman–Crippen LogP) is -0.363. The van der Waals surface area contributed by atoms with Crippen molar-refractivity contribution < 1.29 is 14.3 Å². The quantitative estimate of drug-likeness (QED) is 0.745. The molecule has 2 rings (SSSR count). The summed E-state index contributed by atoms with van der Waals surface area (Å²) in [7, 11) is 0. The zero-order valence-electron chi connectivity index (χ0n) is 11.6. The number of piperazine rings is 1. The lowest BCUT2D eigenvalue weighted by Crippen LogP contribution is -2.57. The van der Waals surface area contributed by atoms with Crippen LogP contribution in [0.1, 0.15) is 13.3 Å². The highest BCUT2D eigenvalue weighted by Gasteiger charge is 2.32. The second-order valence-corrected chi connectivity index (χ2v) is 4.61. The molecule has 1 aliphatic rings. The summed E-state index contributed by atoms with van der Waals surface area (Å²) in [6.45, 7) is 4.35. The standard InChI is InChI=1S/C13H20N4O3/c1-2-20-13(19)11-9-14-5-8-17(11)12(18)3-6-16-7-4-15-10-16/h4,7,10-11,14H,2-3,5-6,8-9H2,1H3. The van der Waals surface area contributed by atoms with Gasteiger partial charge in [0.05, 0.1) is 12.9 Å². The van der Waals surface area contributed by atoms with E-state index in [-0.39, 0.29) is 11.9 Å². The lowest BCUT2D eigenvalue weighted by Gasteiger charge is -2.34. The van der Waals surface area contributed by atoms with Crippen molar-refractivity contribution in [2.24, 2.45) is 0 Å². The first kappa shape index (κ1) is 14.5. The highest BCUT2D eigenvalue weighted by Crippen LogP contribution is 2.08. The van der Waals surface area contributed by atoms with Gasteiger partial charge < -0.3 is 19.5 Å². The third kappa shape index (κ3) is 3.57. The van der Waals surface area contributed by atoms with Gasteiger partial charge in [-0.2, -0.15) is 0 Å². The smallest absolute Gasteiger partial charge is 0.330 e. The van der Waals surface area contributed by atoms with Crippen LogP contribution in [0.5, 0.6) is 0 Å². The Morgan fingerprint density at radius 2 is 2.35 bits per heavy atom. The van der Waals surface area contributed by atoms with Gasteiger partial charge in [-0.25, -0.2) is 9.78 Å². The van der Waals surface area contributed by atoms with Crippen LogP contribution in [0.3, 0.4) is 0 Å². The molecule has 1 fully saturated rings. The molecule has 1 aromatic heterocycles. The maximum Gasteiger partial charge on any atom is 0.330 e. The highest BCUT2D eigenvalue weighted by atomic mass is 16.5. The molecule has 0 aliphatic carbocycles. The number of amides is 1. The molecule has 0 bridgehead atoms. The van der Waals surface area contributed by atoms with Crippen LogP contribution in [0.25, 0.3) is 0 Å². The fourth-order valence-corrected chi connectivity index (χ4v) is 2.24. The fraction of sp³-hybridized carbons (Fsp3) is 0.615. The maximum absolute atomic E-state index is 12.3. The lowest BCUT2D eigenvalue weighted by molar-refractivity contribution is -0.155. The largest absolute Gasteiger partial charge is 0.464 e. The first-order chi connectivity index (χ1) is 9.72. The summed E-state index contributed by atoms with van der Waals surface area (Å²) in [5.74, 6) is -0.367. The van der Waals surface area contributed by atoms with E-state index in [2.05, 4.69) is 10.3 Å². The fourth-order valence-electron chi connectivity index (χ4n) is 2.24. The molecule has 0 radical (unpaired) electrons. The lowest BCUT2D eigenvalue weighted by atomic mass is 10.1. The molecule has 1 N–H and O–H groups in total. The molecule has 0 aromatic carbocycles. The molecule has 2 heterocycles. The normalized spacial score (nSPS) is 18.9. The van der Waals surface area contributed by atoms with Gasteiger partial charge in [0, 0.05) is 45.0 Å². The van der Waals surface area contributed by atoms with Crippen LogP contribution in [0.4, 0.5) is 0 Å². The van der Waals surface area contributed by atoms with Crippen LogP contribution in [0.15, 0.2) is 18.7 Å². The van der Waals surface area contributed by atoms with Gasteiger partial charge in [-0.3, -0.25) is 4.79 Å². The number of ether oxygens (including phenoxy) is 1. The summed E-state index contributed by atoms with van der Waals surface area (Å²) in [6, 6.07) is -0.515. The van der Waals surface area contributed by atoms with E-state index in [9.17, 15) is 9.59 Å². The summed E-state index contributed by atoms with van der Waals surface area (Å²) in [5, 5.41) is 3.12. The van der Waals surface area contributed by atoms with Gasteiger partial charge in [-0.05, 0) is 6.92 Å². The maximum atomic E-state index is 12.3. The van der Waals surface area contributed by atoms with Crippen LogP contribution >= 0.6 is 0 Å². The summed E-state index contributed by atoms with van der Waals surface area (Å²) < 4.78 is 6.87. The Morgan fingerprint density at radius 3 is 3.05 bits per heavy atom.